The Balaban J connectivity index is 1.22. The Morgan fingerprint density at radius 3 is 1.78 bits per heavy atom. The molecule has 0 radical (unpaired) electrons. The first-order valence-electron chi connectivity index (χ1n) is 16.8. The van der Waals surface area contributed by atoms with Crippen LogP contribution in [0.3, 0.4) is 0 Å². The lowest BCUT2D eigenvalue weighted by Gasteiger charge is -2.25. The number of rotatable bonds is 4. The van der Waals surface area contributed by atoms with Crippen LogP contribution in [0, 0.1) is 0 Å². The zero-order valence-electron chi connectivity index (χ0n) is 27.0. The third-order valence-electron chi connectivity index (χ3n) is 9.51. The Morgan fingerprint density at radius 2 is 1.02 bits per heavy atom. The van der Waals surface area contributed by atoms with Gasteiger partial charge in [-0.1, -0.05) is 127 Å². The zero-order valence-corrected chi connectivity index (χ0v) is 27.0. The van der Waals surface area contributed by atoms with Crippen LogP contribution in [0.15, 0.2) is 176 Å². The highest BCUT2D eigenvalue weighted by Gasteiger charge is 2.29. The smallest absolute Gasteiger partial charge is 0.220 e. The molecule has 0 atom stereocenters. The van der Waals surface area contributed by atoms with E-state index >= 15 is 0 Å². The topological polar surface area (TPSA) is 46.8 Å². The third-order valence-corrected chi connectivity index (χ3v) is 9.51. The van der Waals surface area contributed by atoms with Crippen molar-refractivity contribution < 1.29 is 0 Å². The van der Waals surface area contributed by atoms with E-state index in [4.69, 9.17) is 15.0 Å². The molecular weight excluding hydrogens is 611 g/mol. The van der Waals surface area contributed by atoms with Gasteiger partial charge in [-0.25, -0.2) is 15.0 Å². The van der Waals surface area contributed by atoms with Gasteiger partial charge in [0.2, 0.25) is 5.95 Å². The van der Waals surface area contributed by atoms with E-state index in [1.807, 2.05) is 36.4 Å². The predicted octanol–water partition coefficient (Wildman–Crippen LogP) is 11.4. The second kappa shape index (κ2) is 11.4. The number of benzene rings is 7. The Kier molecular flexibility index (Phi) is 6.42. The standard InChI is InChI=1S/C45H29N5/c1-3-14-30(15-4-1)39-29-40(31-16-5-2-6-17-31)47-44(46-39)34-20-13-21-35(26-34)49-41-24-11-9-22-36(41)37-27-32-18-7-8-19-33(32)28-43(37)50-42-25-12-10-23-38(42)48-45(49)50/h1-29H. The van der Waals surface area contributed by atoms with E-state index in [1.165, 1.54) is 10.8 Å². The van der Waals surface area contributed by atoms with Crippen molar-refractivity contribution >= 4 is 39.1 Å². The van der Waals surface area contributed by atoms with E-state index in [2.05, 4.69) is 149 Å². The summed E-state index contributed by atoms with van der Waals surface area (Å²) in [5.74, 6) is 1.49. The van der Waals surface area contributed by atoms with Crippen molar-refractivity contribution in [1.29, 1.82) is 0 Å². The fraction of sp³-hybridized carbons (Fsp3) is 0. The zero-order chi connectivity index (χ0) is 33.0. The monoisotopic (exact) mass is 639 g/mol. The van der Waals surface area contributed by atoms with Crippen LogP contribution in [0.1, 0.15) is 0 Å². The number of hydrogen-bond donors (Lipinski definition) is 0. The van der Waals surface area contributed by atoms with Crippen LogP contribution in [-0.4, -0.2) is 19.5 Å². The number of anilines is 3. The van der Waals surface area contributed by atoms with E-state index in [1.54, 1.807) is 0 Å². The first kappa shape index (κ1) is 28.2. The Bertz CT molecular complexity index is 2660. The molecule has 9 aromatic rings. The predicted molar refractivity (Wildman–Crippen MR) is 204 cm³/mol. The molecule has 3 heterocycles. The van der Waals surface area contributed by atoms with Gasteiger partial charge in [0.25, 0.3) is 0 Å². The molecule has 7 aromatic carbocycles. The quantitative estimate of drug-likeness (QED) is 0.192. The number of aromatic nitrogens is 4. The Hall–Kier alpha value is -6.85. The van der Waals surface area contributed by atoms with Crippen LogP contribution in [-0.2, 0) is 0 Å². The van der Waals surface area contributed by atoms with Gasteiger partial charge in [-0.2, -0.15) is 0 Å². The third kappa shape index (κ3) is 4.60. The van der Waals surface area contributed by atoms with Crippen LogP contribution in [0.25, 0.3) is 72.5 Å². The molecule has 234 valence electrons. The van der Waals surface area contributed by atoms with Gasteiger partial charge in [0.15, 0.2) is 5.82 Å². The van der Waals surface area contributed by atoms with Crippen LogP contribution in [0.4, 0.5) is 17.3 Å². The molecule has 1 aliphatic rings. The molecular formula is C45H29N5. The lowest BCUT2D eigenvalue weighted by Crippen LogP contribution is -2.14. The van der Waals surface area contributed by atoms with E-state index in [-0.39, 0.29) is 0 Å². The summed E-state index contributed by atoms with van der Waals surface area (Å²) in [6.07, 6.45) is 0. The van der Waals surface area contributed by atoms with Gasteiger partial charge in [0, 0.05) is 33.5 Å². The summed E-state index contributed by atoms with van der Waals surface area (Å²) in [6.45, 7) is 0. The molecule has 0 saturated heterocycles. The van der Waals surface area contributed by atoms with Gasteiger partial charge in [-0.3, -0.25) is 9.47 Å². The minimum Gasteiger partial charge on any atom is -0.280 e. The number of imidazole rings is 1. The molecule has 0 bridgehead atoms. The summed E-state index contributed by atoms with van der Waals surface area (Å²) in [4.78, 5) is 17.9. The lowest BCUT2D eigenvalue weighted by molar-refractivity contribution is 1.05. The summed E-state index contributed by atoms with van der Waals surface area (Å²) >= 11 is 0. The SMILES string of the molecule is c1ccc(-c2cc(-c3ccccc3)nc(-c3cccc(N4c5ccccc5-c5cc6ccccc6cc5-n5c4nc4ccccc45)c3)n2)cc1. The Labute approximate surface area is 289 Å². The van der Waals surface area contributed by atoms with E-state index in [0.717, 1.165) is 73.2 Å². The van der Waals surface area contributed by atoms with Crippen molar-refractivity contribution in [3.8, 4) is 50.7 Å². The van der Waals surface area contributed by atoms with Crippen molar-refractivity contribution in [2.75, 3.05) is 4.90 Å². The highest BCUT2D eigenvalue weighted by atomic mass is 15.3. The van der Waals surface area contributed by atoms with Crippen LogP contribution in [0.5, 0.6) is 0 Å². The normalized spacial score (nSPS) is 12.0. The Morgan fingerprint density at radius 1 is 0.400 bits per heavy atom. The number of para-hydroxylation sites is 3. The van der Waals surface area contributed by atoms with E-state index < -0.39 is 0 Å². The number of fused-ring (bicyclic) bond motifs is 8. The van der Waals surface area contributed by atoms with Gasteiger partial charge < -0.3 is 0 Å². The average molecular weight is 640 g/mol. The molecule has 10 rings (SSSR count). The highest BCUT2D eigenvalue weighted by molar-refractivity contribution is 6.01. The van der Waals surface area contributed by atoms with Crippen molar-refractivity contribution in [1.82, 2.24) is 19.5 Å². The van der Waals surface area contributed by atoms with Crippen molar-refractivity contribution in [3.05, 3.63) is 176 Å². The van der Waals surface area contributed by atoms with Gasteiger partial charge >= 0.3 is 0 Å². The maximum Gasteiger partial charge on any atom is 0.220 e. The largest absolute Gasteiger partial charge is 0.280 e. The molecule has 0 amide bonds. The van der Waals surface area contributed by atoms with E-state index in [9.17, 15) is 0 Å². The lowest BCUT2D eigenvalue weighted by atomic mass is 9.97. The number of hydrogen-bond acceptors (Lipinski definition) is 4. The summed E-state index contributed by atoms with van der Waals surface area (Å²) in [5.41, 5.74) is 12.2. The fourth-order valence-electron chi connectivity index (χ4n) is 7.16. The highest BCUT2D eigenvalue weighted by Crippen LogP contribution is 2.48. The fourth-order valence-corrected chi connectivity index (χ4v) is 7.16. The molecule has 0 fully saturated rings. The van der Waals surface area contributed by atoms with Crippen molar-refractivity contribution in [3.63, 3.8) is 0 Å². The van der Waals surface area contributed by atoms with Crippen molar-refractivity contribution in [2.24, 2.45) is 0 Å². The summed E-state index contributed by atoms with van der Waals surface area (Å²) in [6, 6.07) is 61.4. The maximum atomic E-state index is 5.32. The minimum absolute atomic E-state index is 0.665. The average Bonchev–Trinajstić information content (AvgIpc) is 3.52. The van der Waals surface area contributed by atoms with Crippen LogP contribution in [0.2, 0.25) is 0 Å². The van der Waals surface area contributed by atoms with E-state index in [0.29, 0.717) is 5.82 Å². The molecule has 5 heteroatoms. The molecule has 0 aliphatic carbocycles. The second-order valence-corrected chi connectivity index (χ2v) is 12.5. The van der Waals surface area contributed by atoms with Gasteiger partial charge in [-0.05, 0) is 59.3 Å². The van der Waals surface area contributed by atoms with Gasteiger partial charge in [0.05, 0.1) is 33.8 Å². The molecule has 2 aromatic heterocycles. The molecule has 0 spiro atoms. The van der Waals surface area contributed by atoms with Crippen molar-refractivity contribution in [2.45, 2.75) is 0 Å². The summed E-state index contributed by atoms with van der Waals surface area (Å²) in [7, 11) is 0. The van der Waals surface area contributed by atoms with Gasteiger partial charge in [-0.15, -0.1) is 0 Å². The molecule has 50 heavy (non-hydrogen) atoms. The maximum absolute atomic E-state index is 5.32. The first-order valence-corrected chi connectivity index (χ1v) is 16.8. The van der Waals surface area contributed by atoms with Gasteiger partial charge in [0.1, 0.15) is 0 Å². The molecule has 1 aliphatic heterocycles. The summed E-state index contributed by atoms with van der Waals surface area (Å²) in [5, 5.41) is 2.39. The van der Waals surface area contributed by atoms with Crippen LogP contribution >= 0.6 is 0 Å². The molecule has 0 N–H and O–H groups in total. The molecule has 0 saturated carbocycles. The van der Waals surface area contributed by atoms with Crippen LogP contribution < -0.4 is 4.90 Å². The summed E-state index contributed by atoms with van der Waals surface area (Å²) < 4.78 is 2.31. The second-order valence-electron chi connectivity index (χ2n) is 12.5. The minimum atomic E-state index is 0.665. The first-order chi connectivity index (χ1) is 24.8. The molecule has 5 nitrogen and oxygen atoms in total. The number of nitrogens with zero attached hydrogens (tertiary/aromatic N) is 5. The molecule has 0 unspecified atom stereocenters.